The van der Waals surface area contributed by atoms with E-state index >= 15 is 0 Å². The van der Waals surface area contributed by atoms with Crippen molar-refractivity contribution in [1.82, 2.24) is 0 Å². The average Bonchev–Trinajstić information content (AvgIpc) is 2.31. The van der Waals surface area contributed by atoms with Gasteiger partial charge in [0.15, 0.2) is 0 Å². The summed E-state index contributed by atoms with van der Waals surface area (Å²) in [5.41, 5.74) is 2.88. The molecule has 0 fully saturated rings. The fourth-order valence-electron chi connectivity index (χ4n) is 1.74. The number of hydrogen-bond acceptors (Lipinski definition) is 2. The first kappa shape index (κ1) is 14.9. The Kier molecular flexibility index (Phi) is 6.05. The summed E-state index contributed by atoms with van der Waals surface area (Å²) in [6.45, 7) is 4.02. The number of benzene rings is 1. The van der Waals surface area contributed by atoms with Crippen molar-refractivity contribution < 1.29 is 9.00 Å². The molecule has 0 heterocycles. The van der Waals surface area contributed by atoms with E-state index in [-0.39, 0.29) is 5.91 Å². The summed E-state index contributed by atoms with van der Waals surface area (Å²) in [4.78, 5) is 11.7. The van der Waals surface area contributed by atoms with Crippen molar-refractivity contribution in [2.24, 2.45) is 0 Å². The molecule has 0 aliphatic rings. The molecule has 0 aliphatic heterocycles. The smallest absolute Gasteiger partial charge is 0.224 e. The zero-order valence-corrected chi connectivity index (χ0v) is 12.1. The van der Waals surface area contributed by atoms with E-state index in [0.717, 1.165) is 29.7 Å². The van der Waals surface area contributed by atoms with E-state index in [2.05, 4.69) is 12.2 Å². The molecule has 0 bridgehead atoms. The monoisotopic (exact) mass is 267 g/mol. The van der Waals surface area contributed by atoms with Gasteiger partial charge in [-0.05, 0) is 30.5 Å². The first-order chi connectivity index (χ1) is 8.54. The van der Waals surface area contributed by atoms with Gasteiger partial charge in [-0.1, -0.05) is 25.5 Å². The second kappa shape index (κ2) is 7.31. The lowest BCUT2D eigenvalue weighted by atomic mass is 10.1. The first-order valence-corrected chi connectivity index (χ1v) is 7.95. The Morgan fingerprint density at radius 2 is 2.11 bits per heavy atom. The third kappa shape index (κ3) is 4.61. The van der Waals surface area contributed by atoms with Crippen molar-refractivity contribution in [2.45, 2.75) is 38.9 Å². The minimum absolute atomic E-state index is 0.0507. The normalized spacial score (nSPS) is 12.2. The molecule has 1 unspecified atom stereocenters. The van der Waals surface area contributed by atoms with Crippen LogP contribution in [0.25, 0.3) is 0 Å². The maximum absolute atomic E-state index is 11.7. The van der Waals surface area contributed by atoms with Crippen LogP contribution in [-0.4, -0.2) is 16.4 Å². The largest absolute Gasteiger partial charge is 0.326 e. The van der Waals surface area contributed by atoms with Crippen LogP contribution in [0.15, 0.2) is 18.2 Å². The molecule has 1 N–H and O–H groups in total. The van der Waals surface area contributed by atoms with Gasteiger partial charge in [-0.15, -0.1) is 0 Å². The van der Waals surface area contributed by atoms with Crippen molar-refractivity contribution in [3.05, 3.63) is 29.3 Å². The highest BCUT2D eigenvalue weighted by atomic mass is 32.2. The molecular formula is C14H21NO2S. The Bertz CT molecular complexity index is 443. The van der Waals surface area contributed by atoms with Crippen molar-refractivity contribution in [2.75, 3.05) is 11.6 Å². The van der Waals surface area contributed by atoms with Crippen LogP contribution in [0.2, 0.25) is 0 Å². The maximum atomic E-state index is 11.7. The molecule has 0 aliphatic carbocycles. The summed E-state index contributed by atoms with van der Waals surface area (Å²) in [6, 6.07) is 5.74. The molecule has 1 atom stereocenters. The number of anilines is 1. The van der Waals surface area contributed by atoms with Crippen molar-refractivity contribution in [3.63, 3.8) is 0 Å². The van der Waals surface area contributed by atoms with Crippen LogP contribution in [0.4, 0.5) is 5.69 Å². The minimum atomic E-state index is -0.865. The Morgan fingerprint density at radius 3 is 2.72 bits per heavy atom. The molecule has 0 saturated heterocycles. The maximum Gasteiger partial charge on any atom is 0.224 e. The number of nitrogens with one attached hydrogen (secondary N) is 1. The molecule has 3 nitrogen and oxygen atoms in total. The summed E-state index contributed by atoms with van der Waals surface area (Å²) >= 11 is 0. The van der Waals surface area contributed by atoms with Crippen LogP contribution in [0.5, 0.6) is 0 Å². The van der Waals surface area contributed by atoms with E-state index in [4.69, 9.17) is 0 Å². The van der Waals surface area contributed by atoms with Crippen LogP contribution in [0.3, 0.4) is 0 Å². The average molecular weight is 267 g/mol. The molecule has 0 aromatic heterocycles. The predicted octanol–water partition coefficient (Wildman–Crippen LogP) is 3.00. The van der Waals surface area contributed by atoms with E-state index in [1.807, 2.05) is 25.1 Å². The van der Waals surface area contributed by atoms with Gasteiger partial charge >= 0.3 is 0 Å². The summed E-state index contributed by atoms with van der Waals surface area (Å²) in [5.74, 6) is 0.583. The zero-order valence-electron chi connectivity index (χ0n) is 11.3. The van der Waals surface area contributed by atoms with E-state index in [1.165, 1.54) is 0 Å². The molecule has 1 aromatic carbocycles. The predicted molar refractivity (Wildman–Crippen MR) is 77.1 cm³/mol. The molecule has 0 saturated carbocycles. The minimum Gasteiger partial charge on any atom is -0.326 e. The van der Waals surface area contributed by atoms with Crippen LogP contribution in [0.1, 0.15) is 37.3 Å². The van der Waals surface area contributed by atoms with Crippen LogP contribution in [-0.2, 0) is 21.3 Å². The van der Waals surface area contributed by atoms with Crippen molar-refractivity contribution in [3.8, 4) is 0 Å². The van der Waals surface area contributed by atoms with Crippen LogP contribution < -0.4 is 5.32 Å². The van der Waals surface area contributed by atoms with E-state index in [1.54, 1.807) is 6.26 Å². The number of hydrogen-bond donors (Lipinski definition) is 1. The van der Waals surface area contributed by atoms with Gasteiger partial charge in [-0.25, -0.2) is 0 Å². The Morgan fingerprint density at radius 1 is 1.39 bits per heavy atom. The van der Waals surface area contributed by atoms with Gasteiger partial charge in [0, 0.05) is 34.9 Å². The summed E-state index contributed by atoms with van der Waals surface area (Å²) in [5, 5.41) is 2.92. The second-order valence-corrected chi connectivity index (χ2v) is 5.89. The lowest BCUT2D eigenvalue weighted by Crippen LogP contribution is -2.12. The Hall–Kier alpha value is -1.16. The van der Waals surface area contributed by atoms with Gasteiger partial charge in [-0.3, -0.25) is 9.00 Å². The SMILES string of the molecule is CCCCC(=O)Nc1cccc(CS(C)=O)c1C. The molecule has 0 radical (unpaired) electrons. The number of amides is 1. The second-order valence-electron chi connectivity index (χ2n) is 4.46. The quantitative estimate of drug-likeness (QED) is 0.861. The van der Waals surface area contributed by atoms with Gasteiger partial charge in [0.05, 0.1) is 0 Å². The van der Waals surface area contributed by atoms with E-state index in [9.17, 15) is 9.00 Å². The van der Waals surface area contributed by atoms with Gasteiger partial charge in [0.1, 0.15) is 0 Å². The number of carbonyl (C=O) groups is 1. The standard InChI is InChI=1S/C14H21NO2S/c1-4-5-9-14(16)15-13-8-6-7-12(11(13)2)10-18(3)17/h6-8H,4-5,9-10H2,1-3H3,(H,15,16). The lowest BCUT2D eigenvalue weighted by molar-refractivity contribution is -0.116. The fraction of sp³-hybridized carbons (Fsp3) is 0.500. The lowest BCUT2D eigenvalue weighted by Gasteiger charge is -2.11. The molecule has 1 rings (SSSR count). The molecule has 4 heteroatoms. The summed E-state index contributed by atoms with van der Waals surface area (Å²) < 4.78 is 11.3. The highest BCUT2D eigenvalue weighted by Crippen LogP contribution is 2.20. The summed E-state index contributed by atoms with van der Waals surface area (Å²) in [6.07, 6.45) is 4.16. The van der Waals surface area contributed by atoms with Crippen LogP contribution >= 0.6 is 0 Å². The fourth-order valence-corrected chi connectivity index (χ4v) is 2.49. The third-order valence-corrected chi connectivity index (χ3v) is 3.55. The first-order valence-electron chi connectivity index (χ1n) is 6.23. The molecule has 18 heavy (non-hydrogen) atoms. The highest BCUT2D eigenvalue weighted by Gasteiger charge is 2.08. The van der Waals surface area contributed by atoms with Gasteiger partial charge in [-0.2, -0.15) is 0 Å². The molecule has 0 spiro atoms. The van der Waals surface area contributed by atoms with Gasteiger partial charge < -0.3 is 5.32 Å². The highest BCUT2D eigenvalue weighted by molar-refractivity contribution is 7.83. The Balaban J connectivity index is 2.77. The molecule has 100 valence electrons. The zero-order chi connectivity index (χ0) is 13.5. The number of unbranched alkanes of at least 4 members (excludes halogenated alkanes) is 1. The van der Waals surface area contributed by atoms with E-state index in [0.29, 0.717) is 12.2 Å². The van der Waals surface area contributed by atoms with E-state index < -0.39 is 10.8 Å². The van der Waals surface area contributed by atoms with Crippen molar-refractivity contribution in [1.29, 1.82) is 0 Å². The number of carbonyl (C=O) groups excluding carboxylic acids is 1. The van der Waals surface area contributed by atoms with Crippen LogP contribution in [0, 0.1) is 6.92 Å². The molecule has 1 aromatic rings. The molecule has 1 amide bonds. The number of rotatable bonds is 6. The van der Waals surface area contributed by atoms with Gasteiger partial charge in [0.25, 0.3) is 0 Å². The van der Waals surface area contributed by atoms with Gasteiger partial charge in [0.2, 0.25) is 5.91 Å². The molecular weight excluding hydrogens is 246 g/mol. The Labute approximate surface area is 111 Å². The third-order valence-electron chi connectivity index (χ3n) is 2.84. The topological polar surface area (TPSA) is 46.2 Å². The van der Waals surface area contributed by atoms with Crippen molar-refractivity contribution >= 4 is 22.4 Å². The summed E-state index contributed by atoms with van der Waals surface area (Å²) in [7, 11) is -0.865.